The largest absolute Gasteiger partial charge is 0.397 e. The minimum atomic E-state index is 0.287. The topological polar surface area (TPSA) is 101 Å². The fourth-order valence-corrected chi connectivity index (χ4v) is 3.99. The Kier molecular flexibility index (Phi) is 3.31. The van der Waals surface area contributed by atoms with Crippen molar-refractivity contribution < 1.29 is 0 Å². The number of rotatable bonds is 3. The van der Waals surface area contributed by atoms with Gasteiger partial charge in [0.05, 0.1) is 23.6 Å². The highest BCUT2D eigenvalue weighted by Crippen LogP contribution is 2.36. The normalized spacial score (nSPS) is 20.4. The van der Waals surface area contributed by atoms with Crippen LogP contribution in [0.25, 0.3) is 16.8 Å². The molecule has 5 rings (SSSR count). The summed E-state index contributed by atoms with van der Waals surface area (Å²) in [6, 6.07) is 5.91. The molecule has 1 aliphatic rings. The highest BCUT2D eigenvalue weighted by molar-refractivity contribution is 5.74. The molecule has 0 amide bonds. The van der Waals surface area contributed by atoms with Gasteiger partial charge in [0.2, 0.25) is 0 Å². The molecule has 0 radical (unpaired) electrons. The highest BCUT2D eigenvalue weighted by atomic mass is 15.3. The van der Waals surface area contributed by atoms with Gasteiger partial charge in [-0.1, -0.05) is 13.3 Å². The van der Waals surface area contributed by atoms with E-state index in [1.807, 2.05) is 24.4 Å². The molecular weight excluding hydrogens is 328 g/mol. The predicted molar refractivity (Wildman–Crippen MR) is 100 cm³/mol. The van der Waals surface area contributed by atoms with Crippen molar-refractivity contribution in [3.05, 3.63) is 42.6 Å². The van der Waals surface area contributed by atoms with Crippen molar-refractivity contribution in [3.8, 4) is 0 Å². The lowest BCUT2D eigenvalue weighted by atomic mass is 9.93. The fourth-order valence-electron chi connectivity index (χ4n) is 3.99. The molecule has 1 fully saturated rings. The minimum Gasteiger partial charge on any atom is -0.397 e. The smallest absolute Gasteiger partial charge is 0.179 e. The zero-order valence-electron chi connectivity index (χ0n) is 14.5. The van der Waals surface area contributed by atoms with Gasteiger partial charge in [0.1, 0.15) is 11.6 Å². The molecular formula is C18H20N8. The second kappa shape index (κ2) is 5.69. The molecule has 0 aliphatic carbocycles. The van der Waals surface area contributed by atoms with E-state index in [4.69, 9.17) is 5.73 Å². The van der Waals surface area contributed by atoms with E-state index >= 15 is 0 Å². The first-order valence-corrected chi connectivity index (χ1v) is 8.88. The second-order valence-corrected chi connectivity index (χ2v) is 6.85. The molecule has 0 spiro atoms. The summed E-state index contributed by atoms with van der Waals surface area (Å²) in [5, 5.41) is 8.90. The highest BCUT2D eigenvalue weighted by Gasteiger charge is 2.36. The van der Waals surface area contributed by atoms with Crippen molar-refractivity contribution >= 4 is 28.3 Å². The van der Waals surface area contributed by atoms with Crippen LogP contribution in [0.3, 0.4) is 0 Å². The van der Waals surface area contributed by atoms with E-state index in [9.17, 15) is 0 Å². The number of aromatic nitrogens is 6. The van der Waals surface area contributed by atoms with E-state index in [0.717, 1.165) is 48.0 Å². The summed E-state index contributed by atoms with van der Waals surface area (Å²) in [7, 11) is 0. The Morgan fingerprint density at radius 2 is 2.08 bits per heavy atom. The first-order valence-electron chi connectivity index (χ1n) is 8.88. The quantitative estimate of drug-likeness (QED) is 0.589. The molecule has 4 aromatic heterocycles. The van der Waals surface area contributed by atoms with Crippen molar-refractivity contribution in [1.82, 2.24) is 29.5 Å². The van der Waals surface area contributed by atoms with Gasteiger partial charge in [-0.05, 0) is 24.1 Å². The van der Waals surface area contributed by atoms with Crippen LogP contribution in [0.2, 0.25) is 0 Å². The number of nitrogen functional groups attached to an aromatic ring is 1. The molecule has 0 saturated carbocycles. The second-order valence-electron chi connectivity index (χ2n) is 6.85. The van der Waals surface area contributed by atoms with Crippen molar-refractivity contribution in [2.75, 3.05) is 23.7 Å². The first-order chi connectivity index (χ1) is 12.7. The van der Waals surface area contributed by atoms with Gasteiger partial charge < -0.3 is 15.6 Å². The van der Waals surface area contributed by atoms with Crippen LogP contribution in [0.5, 0.6) is 0 Å². The van der Waals surface area contributed by atoms with Crippen LogP contribution < -0.4 is 10.6 Å². The number of fused-ring (bicyclic) bond motifs is 3. The summed E-state index contributed by atoms with van der Waals surface area (Å²) in [6.45, 7) is 4.05. The van der Waals surface area contributed by atoms with E-state index in [-0.39, 0.29) is 5.92 Å². The molecule has 3 N–H and O–H groups in total. The number of anilines is 2. The van der Waals surface area contributed by atoms with Gasteiger partial charge in [-0.25, -0.2) is 9.97 Å². The number of nitrogens with zero attached hydrogens (tertiary/aromatic N) is 6. The summed E-state index contributed by atoms with van der Waals surface area (Å²) in [5.41, 5.74) is 9.11. The standard InChI is InChI=1S/C18H20N8/c1-2-11-9-25(15-4-3-12(19)7-21-15)10-13(11)18-24-23-16-8-22-17-14(26(16)18)5-6-20-17/h3-8,11,13,20H,2,9-10,19H2,1H3/t11-,13+/m1/s1. The molecule has 4 aromatic rings. The maximum absolute atomic E-state index is 5.78. The van der Waals surface area contributed by atoms with Crippen LogP contribution in [0, 0.1) is 5.92 Å². The number of nitrogens with two attached hydrogens (primary N) is 1. The van der Waals surface area contributed by atoms with Gasteiger partial charge in [-0.3, -0.25) is 4.40 Å². The summed E-state index contributed by atoms with van der Waals surface area (Å²) in [5.74, 6) is 2.73. The van der Waals surface area contributed by atoms with Crippen molar-refractivity contribution in [3.63, 3.8) is 0 Å². The van der Waals surface area contributed by atoms with Crippen molar-refractivity contribution in [1.29, 1.82) is 0 Å². The maximum atomic E-state index is 5.78. The molecule has 5 heterocycles. The maximum Gasteiger partial charge on any atom is 0.179 e. The lowest BCUT2D eigenvalue weighted by molar-refractivity contribution is 0.484. The number of pyridine rings is 1. The van der Waals surface area contributed by atoms with Gasteiger partial charge in [-0.15, -0.1) is 10.2 Å². The first kappa shape index (κ1) is 15.1. The zero-order chi connectivity index (χ0) is 17.7. The Balaban J connectivity index is 1.57. The van der Waals surface area contributed by atoms with Crippen LogP contribution >= 0.6 is 0 Å². The third kappa shape index (κ3) is 2.22. The van der Waals surface area contributed by atoms with Crippen LogP contribution in [-0.2, 0) is 0 Å². The number of H-pyrrole nitrogens is 1. The zero-order valence-corrected chi connectivity index (χ0v) is 14.5. The van der Waals surface area contributed by atoms with Gasteiger partial charge in [-0.2, -0.15) is 0 Å². The predicted octanol–water partition coefficient (Wildman–Crippen LogP) is 2.21. The van der Waals surface area contributed by atoms with Crippen molar-refractivity contribution in [2.45, 2.75) is 19.3 Å². The van der Waals surface area contributed by atoms with E-state index < -0.39 is 0 Å². The Hall–Kier alpha value is -3.16. The molecule has 132 valence electrons. The van der Waals surface area contributed by atoms with Crippen LogP contribution in [-0.4, -0.2) is 42.6 Å². The molecule has 8 heteroatoms. The Morgan fingerprint density at radius 1 is 1.15 bits per heavy atom. The summed E-state index contributed by atoms with van der Waals surface area (Å²) >= 11 is 0. The average molecular weight is 348 g/mol. The Morgan fingerprint density at radius 3 is 2.88 bits per heavy atom. The number of nitrogens with one attached hydrogen (secondary N) is 1. The van der Waals surface area contributed by atoms with Gasteiger partial charge in [0.25, 0.3) is 0 Å². The molecule has 1 saturated heterocycles. The van der Waals surface area contributed by atoms with Crippen LogP contribution in [0.4, 0.5) is 11.5 Å². The monoisotopic (exact) mass is 348 g/mol. The summed E-state index contributed by atoms with van der Waals surface area (Å²) < 4.78 is 2.13. The van der Waals surface area contributed by atoms with Gasteiger partial charge in [0, 0.05) is 25.2 Å². The van der Waals surface area contributed by atoms with E-state index in [0.29, 0.717) is 11.6 Å². The Labute approximate surface area is 150 Å². The SMILES string of the molecule is CC[C@@H]1CN(c2ccc(N)cn2)C[C@@H]1c1nnc2cnc3[nH]ccc3n12. The minimum absolute atomic E-state index is 0.287. The molecule has 8 nitrogen and oxygen atoms in total. The van der Waals surface area contributed by atoms with E-state index in [1.165, 1.54) is 0 Å². The summed E-state index contributed by atoms with van der Waals surface area (Å²) in [6.07, 6.45) is 6.46. The van der Waals surface area contributed by atoms with Gasteiger partial charge >= 0.3 is 0 Å². The third-order valence-corrected chi connectivity index (χ3v) is 5.36. The van der Waals surface area contributed by atoms with Crippen LogP contribution in [0.15, 0.2) is 36.8 Å². The van der Waals surface area contributed by atoms with E-state index in [2.05, 4.69) is 41.4 Å². The average Bonchev–Trinajstić information content (AvgIpc) is 3.38. The van der Waals surface area contributed by atoms with E-state index in [1.54, 1.807) is 12.4 Å². The molecule has 2 atom stereocenters. The van der Waals surface area contributed by atoms with Crippen molar-refractivity contribution in [2.24, 2.45) is 5.92 Å². The number of aromatic amines is 1. The molecule has 1 aliphatic heterocycles. The van der Waals surface area contributed by atoms with Gasteiger partial charge in [0.15, 0.2) is 11.3 Å². The third-order valence-electron chi connectivity index (χ3n) is 5.36. The lowest BCUT2D eigenvalue weighted by Crippen LogP contribution is -2.21. The summed E-state index contributed by atoms with van der Waals surface area (Å²) in [4.78, 5) is 14.4. The molecule has 0 bridgehead atoms. The van der Waals surface area contributed by atoms with Crippen LogP contribution in [0.1, 0.15) is 25.1 Å². The number of hydrogen-bond acceptors (Lipinski definition) is 6. The fraction of sp³-hybridized carbons (Fsp3) is 0.333. The molecule has 26 heavy (non-hydrogen) atoms. The Bertz CT molecular complexity index is 1060. The molecule has 0 unspecified atom stereocenters. The molecule has 0 aromatic carbocycles. The number of hydrogen-bond donors (Lipinski definition) is 2. The lowest BCUT2D eigenvalue weighted by Gasteiger charge is -2.17.